The maximum absolute atomic E-state index is 8.60. The van der Waals surface area contributed by atoms with E-state index in [1.54, 1.807) is 18.7 Å². The maximum Gasteiger partial charge on any atom is 0.162 e. The highest BCUT2D eigenvalue weighted by molar-refractivity contribution is 7.11. The lowest BCUT2D eigenvalue weighted by Crippen LogP contribution is -2.32. The van der Waals surface area contributed by atoms with Gasteiger partial charge >= 0.3 is 0 Å². The fourth-order valence-electron chi connectivity index (χ4n) is 4.38. The molecule has 2 aliphatic rings. The number of thiazole rings is 1. The number of nitrogens with zero attached hydrogens (tertiary/aromatic N) is 9. The van der Waals surface area contributed by atoms with Crippen LogP contribution >= 0.6 is 11.3 Å². The van der Waals surface area contributed by atoms with Gasteiger partial charge in [0.25, 0.3) is 0 Å². The van der Waals surface area contributed by atoms with Crippen molar-refractivity contribution in [1.82, 2.24) is 39.5 Å². The zero-order chi connectivity index (χ0) is 23.2. The Morgan fingerprint density at radius 3 is 2.91 bits per heavy atom. The average Bonchev–Trinajstić information content (AvgIpc) is 3.28. The van der Waals surface area contributed by atoms with Crippen LogP contribution in [0.2, 0.25) is 0 Å². The highest BCUT2D eigenvalue weighted by atomic mass is 32.1. The van der Waals surface area contributed by atoms with Crippen LogP contribution in [0.15, 0.2) is 36.5 Å². The smallest absolute Gasteiger partial charge is 0.162 e. The van der Waals surface area contributed by atoms with Gasteiger partial charge in [0.05, 0.1) is 35.8 Å². The van der Waals surface area contributed by atoms with Crippen LogP contribution in [0.1, 0.15) is 54.8 Å². The molecule has 0 bridgehead atoms. The molecule has 0 amide bonds. The summed E-state index contributed by atoms with van der Waals surface area (Å²) in [5, 5.41) is 32.1. The summed E-state index contributed by atoms with van der Waals surface area (Å²) in [4.78, 5) is 15.8. The van der Waals surface area contributed by atoms with Gasteiger partial charge in [0, 0.05) is 30.5 Å². The zero-order valence-corrected chi connectivity index (χ0v) is 19.4. The van der Waals surface area contributed by atoms with Gasteiger partial charge in [-0.1, -0.05) is 6.92 Å². The van der Waals surface area contributed by atoms with Gasteiger partial charge in [-0.2, -0.15) is 5.10 Å². The number of hydrogen-bond acceptors (Lipinski definition) is 10. The van der Waals surface area contributed by atoms with Crippen LogP contribution in [-0.4, -0.2) is 51.4 Å². The second kappa shape index (κ2) is 8.20. The van der Waals surface area contributed by atoms with Gasteiger partial charge in [-0.15, -0.1) is 21.5 Å². The third-order valence-electron chi connectivity index (χ3n) is 6.29. The zero-order valence-electron chi connectivity index (χ0n) is 18.5. The predicted molar refractivity (Wildman–Crippen MR) is 128 cm³/mol. The quantitative estimate of drug-likeness (QED) is 0.373. The van der Waals surface area contributed by atoms with E-state index in [0.717, 1.165) is 30.2 Å². The number of rotatable bonds is 8. The Labute approximate surface area is 199 Å². The van der Waals surface area contributed by atoms with Gasteiger partial charge in [-0.05, 0) is 25.2 Å². The van der Waals surface area contributed by atoms with Crippen molar-refractivity contribution in [3.8, 4) is 5.69 Å². The largest absolute Gasteiger partial charge is 0.312 e. The second-order valence-electron chi connectivity index (χ2n) is 8.55. The van der Waals surface area contributed by atoms with Crippen molar-refractivity contribution >= 4 is 34.8 Å². The van der Waals surface area contributed by atoms with Crippen LogP contribution in [0.25, 0.3) is 5.69 Å². The Bertz CT molecular complexity index is 1350. The second-order valence-corrected chi connectivity index (χ2v) is 9.44. The van der Waals surface area contributed by atoms with Crippen LogP contribution in [-0.2, 0) is 6.54 Å². The van der Waals surface area contributed by atoms with E-state index in [1.807, 2.05) is 20.8 Å². The van der Waals surface area contributed by atoms with Gasteiger partial charge in [0.1, 0.15) is 22.8 Å². The molecule has 172 valence electrons. The molecule has 6 rings (SSSR count). The Kier molecular flexibility index (Phi) is 5.01. The first-order valence-corrected chi connectivity index (χ1v) is 12.1. The summed E-state index contributed by atoms with van der Waals surface area (Å²) >= 11 is 1.37. The molecule has 0 aromatic carbocycles. The topological polar surface area (TPSA) is 138 Å². The first kappa shape index (κ1) is 20.8. The van der Waals surface area contributed by atoms with Gasteiger partial charge in [0.15, 0.2) is 11.6 Å². The molecule has 4 aromatic heterocycles. The highest BCUT2D eigenvalue weighted by Gasteiger charge is 2.36. The Morgan fingerprint density at radius 2 is 2.18 bits per heavy atom. The van der Waals surface area contributed by atoms with Gasteiger partial charge in [-0.3, -0.25) is 9.25 Å². The summed E-state index contributed by atoms with van der Waals surface area (Å²) < 4.78 is 3.92. The maximum atomic E-state index is 8.60. The Hall–Kier alpha value is -3.80. The van der Waals surface area contributed by atoms with Crippen LogP contribution < -0.4 is 4.90 Å². The van der Waals surface area contributed by atoms with Gasteiger partial charge in [-0.25, -0.2) is 15.0 Å². The van der Waals surface area contributed by atoms with E-state index >= 15 is 0 Å². The SMILES string of the molecule is CCC1c2nncn2-c2cnc(C(C=N)C(=N)c3nccs3)nc2N1c1cnn(CC2CC2)c1. The van der Waals surface area contributed by atoms with Crippen molar-refractivity contribution in [3.05, 3.63) is 53.2 Å². The molecule has 34 heavy (non-hydrogen) atoms. The molecule has 4 aromatic rings. The third kappa shape index (κ3) is 3.41. The van der Waals surface area contributed by atoms with Crippen molar-refractivity contribution in [2.75, 3.05) is 4.90 Å². The van der Waals surface area contributed by atoms with Crippen LogP contribution in [0.3, 0.4) is 0 Å². The lowest BCUT2D eigenvalue weighted by atomic mass is 10.0. The molecule has 0 saturated heterocycles. The number of nitrogens with one attached hydrogen (secondary N) is 2. The molecule has 2 N–H and O–H groups in total. The standard InChI is InChI=1S/C22H23N11S/c1-2-16-21-30-27-12-32(21)17-9-26-19(15(7-23)18(24)22-25-5-6-34-22)29-20(17)33(16)14-8-28-31(11-14)10-13-3-4-13/h5-9,11-13,15-16,23-24H,2-4,10H2,1H3. The molecule has 0 spiro atoms. The fraction of sp³-hybridized carbons (Fsp3) is 0.364. The van der Waals surface area contributed by atoms with E-state index in [1.165, 1.54) is 30.4 Å². The van der Waals surface area contributed by atoms with Crippen molar-refractivity contribution < 1.29 is 0 Å². The summed E-state index contributed by atoms with van der Waals surface area (Å²) in [5.41, 5.74) is 1.89. The van der Waals surface area contributed by atoms with E-state index in [9.17, 15) is 0 Å². The van der Waals surface area contributed by atoms with E-state index < -0.39 is 5.92 Å². The fourth-order valence-corrected chi connectivity index (χ4v) is 5.01. The third-order valence-corrected chi connectivity index (χ3v) is 7.09. The Balaban J connectivity index is 1.46. The van der Waals surface area contributed by atoms with E-state index in [0.29, 0.717) is 22.6 Å². The molecule has 5 heterocycles. The molecular formula is C22H23N11S. The molecule has 0 radical (unpaired) electrons. The molecule has 11 nitrogen and oxygen atoms in total. The first-order valence-electron chi connectivity index (χ1n) is 11.3. The molecule has 1 saturated carbocycles. The summed E-state index contributed by atoms with van der Waals surface area (Å²) in [6, 6.07) is -0.0897. The summed E-state index contributed by atoms with van der Waals surface area (Å²) in [5.74, 6) is 1.91. The van der Waals surface area contributed by atoms with Crippen LogP contribution in [0, 0.1) is 16.7 Å². The summed E-state index contributed by atoms with van der Waals surface area (Å²) in [6.07, 6.45) is 13.5. The predicted octanol–water partition coefficient (Wildman–Crippen LogP) is 3.52. The number of fused-ring (bicyclic) bond motifs is 3. The average molecular weight is 474 g/mol. The molecule has 1 aliphatic heterocycles. The van der Waals surface area contributed by atoms with E-state index in [4.69, 9.17) is 15.8 Å². The highest BCUT2D eigenvalue weighted by Crippen LogP contribution is 2.43. The molecule has 2 unspecified atom stereocenters. The van der Waals surface area contributed by atoms with Gasteiger partial charge in [0.2, 0.25) is 0 Å². The summed E-state index contributed by atoms with van der Waals surface area (Å²) in [7, 11) is 0. The van der Waals surface area contributed by atoms with E-state index in [-0.39, 0.29) is 11.8 Å². The lowest BCUT2D eigenvalue weighted by molar-refractivity contribution is 0.561. The minimum Gasteiger partial charge on any atom is -0.312 e. The lowest BCUT2D eigenvalue weighted by Gasteiger charge is -2.36. The molecular weight excluding hydrogens is 450 g/mol. The first-order chi connectivity index (χ1) is 16.7. The van der Waals surface area contributed by atoms with Crippen molar-refractivity contribution in [2.24, 2.45) is 5.92 Å². The summed E-state index contributed by atoms with van der Waals surface area (Å²) in [6.45, 7) is 3.03. The number of hydrogen-bond donors (Lipinski definition) is 2. The molecule has 1 fully saturated rings. The van der Waals surface area contributed by atoms with Crippen LogP contribution in [0.5, 0.6) is 0 Å². The van der Waals surface area contributed by atoms with Gasteiger partial charge < -0.3 is 15.7 Å². The molecule has 12 heteroatoms. The number of aromatic nitrogens is 8. The molecule has 2 atom stereocenters. The van der Waals surface area contributed by atoms with Crippen molar-refractivity contribution in [2.45, 2.75) is 44.7 Å². The Morgan fingerprint density at radius 1 is 1.29 bits per heavy atom. The van der Waals surface area contributed by atoms with E-state index in [2.05, 4.69) is 43.3 Å². The van der Waals surface area contributed by atoms with Crippen molar-refractivity contribution in [3.63, 3.8) is 0 Å². The normalized spacial score (nSPS) is 17.8. The monoisotopic (exact) mass is 473 g/mol. The van der Waals surface area contributed by atoms with Crippen molar-refractivity contribution in [1.29, 1.82) is 10.8 Å². The minimum atomic E-state index is -0.696. The number of anilines is 2. The van der Waals surface area contributed by atoms with Crippen LogP contribution in [0.4, 0.5) is 11.5 Å². The molecule has 1 aliphatic carbocycles. The minimum absolute atomic E-state index is 0.0897.